The normalized spacial score (nSPS) is 34.5. The molecule has 8 nitrogen and oxygen atoms in total. The second-order valence-corrected chi connectivity index (χ2v) is 5.91. The Morgan fingerprint density at radius 2 is 1.80 bits per heavy atom. The van der Waals surface area contributed by atoms with Gasteiger partial charge in [0.05, 0.1) is 15.9 Å². The van der Waals surface area contributed by atoms with Crippen molar-refractivity contribution in [3.8, 4) is 0 Å². The minimum absolute atomic E-state index is 0. The summed E-state index contributed by atoms with van der Waals surface area (Å²) in [4.78, 5) is 0. The summed E-state index contributed by atoms with van der Waals surface area (Å²) in [6.07, 6.45) is -5.96. The molecule has 0 bridgehead atoms. The Labute approximate surface area is 143 Å². The van der Waals surface area contributed by atoms with Crippen molar-refractivity contribution >= 4 is 10.1 Å². The van der Waals surface area contributed by atoms with Gasteiger partial charge in [-0.15, -0.1) is 0 Å². The van der Waals surface area contributed by atoms with Gasteiger partial charge in [0.1, 0.15) is 24.4 Å². The molecule has 3 N–H and O–H groups in total. The van der Waals surface area contributed by atoms with Crippen LogP contribution >= 0.6 is 0 Å². The van der Waals surface area contributed by atoms with E-state index < -0.39 is 46.6 Å². The predicted octanol–water partition coefficient (Wildman–Crippen LogP) is -1.85. The summed E-state index contributed by atoms with van der Waals surface area (Å²) in [5, 5.41) is 28.8. The van der Waals surface area contributed by atoms with Crippen molar-refractivity contribution < 1.29 is 70.5 Å². The first-order valence-electron chi connectivity index (χ1n) is 6.01. The summed E-state index contributed by atoms with van der Waals surface area (Å²) < 4.78 is 42.2. The van der Waals surface area contributed by atoms with E-state index in [4.69, 9.17) is 9.47 Å². The number of aliphatic hydroxyl groups excluding tert-OH is 3. The molecule has 1 heterocycles. The van der Waals surface area contributed by atoms with Crippen molar-refractivity contribution in [2.45, 2.75) is 50.5 Å². The maximum absolute atomic E-state index is 10.7. The van der Waals surface area contributed by atoms with Gasteiger partial charge in [-0.1, -0.05) is 13.3 Å². The second kappa shape index (κ2) is 9.07. The van der Waals surface area contributed by atoms with Crippen LogP contribution in [0.2, 0.25) is 0 Å². The van der Waals surface area contributed by atoms with Crippen LogP contribution in [0.3, 0.4) is 0 Å². The molecule has 1 fully saturated rings. The van der Waals surface area contributed by atoms with Gasteiger partial charge >= 0.3 is 0 Å². The molecule has 1 radical (unpaired) electrons. The molecule has 20 heavy (non-hydrogen) atoms. The summed E-state index contributed by atoms with van der Waals surface area (Å²) in [5.41, 5.74) is 0. The van der Waals surface area contributed by atoms with Crippen LogP contribution in [0.1, 0.15) is 19.8 Å². The fourth-order valence-corrected chi connectivity index (χ4v) is 2.42. The van der Waals surface area contributed by atoms with Gasteiger partial charge in [-0.2, -0.15) is 0 Å². The third kappa shape index (κ3) is 6.29. The van der Waals surface area contributed by atoms with Crippen molar-refractivity contribution in [3.63, 3.8) is 0 Å². The van der Waals surface area contributed by atoms with Crippen LogP contribution < -0.4 is 0 Å². The summed E-state index contributed by atoms with van der Waals surface area (Å²) in [7, 11) is -4.63. The van der Waals surface area contributed by atoms with E-state index in [1.54, 1.807) is 0 Å². The van der Waals surface area contributed by atoms with Crippen LogP contribution in [0, 0.1) is 0 Å². The molecule has 0 aliphatic carbocycles. The third-order valence-electron chi connectivity index (χ3n) is 2.82. The minimum Gasteiger partial charge on any atom is -0.748 e. The van der Waals surface area contributed by atoms with E-state index in [0.29, 0.717) is 6.42 Å². The van der Waals surface area contributed by atoms with Gasteiger partial charge in [-0.25, -0.2) is 8.42 Å². The van der Waals surface area contributed by atoms with E-state index in [1.807, 2.05) is 6.92 Å². The summed E-state index contributed by atoms with van der Waals surface area (Å²) in [6.45, 7) is 2.17. The first kappa shape index (κ1) is 20.8. The van der Waals surface area contributed by atoms with E-state index in [1.165, 1.54) is 0 Å². The van der Waals surface area contributed by atoms with Gasteiger partial charge in [0.15, 0.2) is 6.29 Å². The van der Waals surface area contributed by atoms with Crippen molar-refractivity contribution in [1.29, 1.82) is 0 Å². The van der Waals surface area contributed by atoms with Gasteiger partial charge in [0.2, 0.25) is 0 Å². The third-order valence-corrected chi connectivity index (χ3v) is 3.55. The Bertz CT molecular complexity index is 375. The number of aliphatic hydroxyl groups is 3. The van der Waals surface area contributed by atoms with Crippen LogP contribution in [-0.4, -0.2) is 71.4 Å². The fourth-order valence-electron chi connectivity index (χ4n) is 1.74. The zero-order valence-corrected chi connectivity index (χ0v) is 14.7. The SMILES string of the molecule is CCCCOC1O[C@H](CS(=O)(=O)[O-])[C@@H](O)[C@H](O)[C@H]1O.[Y]. The Balaban J connectivity index is 0.00000361. The molecule has 10 heteroatoms. The average molecular weight is 388 g/mol. The first-order chi connectivity index (χ1) is 8.76. The molecule has 1 saturated heterocycles. The predicted molar refractivity (Wildman–Crippen MR) is 62.1 cm³/mol. The van der Waals surface area contributed by atoms with Crippen LogP contribution in [0.25, 0.3) is 0 Å². The Hall–Kier alpha value is 0.814. The first-order valence-corrected chi connectivity index (χ1v) is 7.59. The number of ether oxygens (including phenoxy) is 2. The molecule has 0 saturated carbocycles. The molecule has 1 aliphatic heterocycles. The van der Waals surface area contributed by atoms with Crippen molar-refractivity contribution in [1.82, 2.24) is 0 Å². The van der Waals surface area contributed by atoms with Crippen LogP contribution in [-0.2, 0) is 52.3 Å². The summed E-state index contributed by atoms with van der Waals surface area (Å²) in [5.74, 6) is -0.994. The summed E-state index contributed by atoms with van der Waals surface area (Å²) >= 11 is 0. The van der Waals surface area contributed by atoms with E-state index in [0.717, 1.165) is 6.42 Å². The zero-order valence-electron chi connectivity index (χ0n) is 11.1. The fraction of sp³-hybridized carbons (Fsp3) is 1.00. The van der Waals surface area contributed by atoms with Gasteiger partial charge in [0, 0.05) is 39.3 Å². The quantitative estimate of drug-likeness (QED) is 0.357. The Kier molecular flexibility index (Phi) is 9.43. The van der Waals surface area contributed by atoms with Gasteiger partial charge in [-0.05, 0) is 6.42 Å². The van der Waals surface area contributed by atoms with Gasteiger partial charge in [-0.3, -0.25) is 0 Å². The van der Waals surface area contributed by atoms with Crippen LogP contribution in [0.5, 0.6) is 0 Å². The molecule has 1 unspecified atom stereocenters. The average Bonchev–Trinajstić information content (AvgIpc) is 2.30. The van der Waals surface area contributed by atoms with Crippen molar-refractivity contribution in [2.24, 2.45) is 0 Å². The Morgan fingerprint density at radius 1 is 1.20 bits per heavy atom. The molecule has 0 spiro atoms. The molecule has 0 aromatic rings. The largest absolute Gasteiger partial charge is 0.748 e. The molecule has 0 aromatic carbocycles. The van der Waals surface area contributed by atoms with Crippen LogP contribution in [0.15, 0.2) is 0 Å². The Morgan fingerprint density at radius 3 is 2.30 bits per heavy atom. The molecular weight excluding hydrogens is 369 g/mol. The molecule has 117 valence electrons. The van der Waals surface area contributed by atoms with E-state index >= 15 is 0 Å². The molecule has 1 aliphatic rings. The van der Waals surface area contributed by atoms with Gasteiger partial charge in [0.25, 0.3) is 0 Å². The smallest absolute Gasteiger partial charge is 0.186 e. The maximum Gasteiger partial charge on any atom is 0.186 e. The minimum atomic E-state index is -4.63. The van der Waals surface area contributed by atoms with Gasteiger partial charge < -0.3 is 29.3 Å². The molecule has 0 amide bonds. The molecule has 1 rings (SSSR count). The van der Waals surface area contributed by atoms with Crippen LogP contribution in [0.4, 0.5) is 0 Å². The second-order valence-electron chi connectivity index (χ2n) is 4.46. The maximum atomic E-state index is 10.7. The number of hydrogen-bond donors (Lipinski definition) is 3. The standard InChI is InChI=1S/C10H20O8S.Y/c1-2-3-4-17-10-9(13)8(12)7(11)6(18-10)5-19(14,15)16;/h6-13H,2-5H2,1H3,(H,14,15,16);/p-1/t6-,7-,8+,9-,10?;/m1./s1. The number of rotatable bonds is 6. The zero-order chi connectivity index (χ0) is 14.6. The number of unbranched alkanes of at least 4 members (excludes halogenated alkanes) is 1. The molecule has 5 atom stereocenters. The monoisotopic (exact) mass is 388 g/mol. The van der Waals surface area contributed by atoms with E-state index in [2.05, 4.69) is 0 Å². The number of hydrogen-bond acceptors (Lipinski definition) is 8. The van der Waals surface area contributed by atoms with Crippen molar-refractivity contribution in [2.75, 3.05) is 12.4 Å². The molecule has 0 aromatic heterocycles. The van der Waals surface area contributed by atoms with Crippen molar-refractivity contribution in [3.05, 3.63) is 0 Å². The van der Waals surface area contributed by atoms with E-state index in [-0.39, 0.29) is 39.3 Å². The molecular formula is C10H19O8SY-. The topological polar surface area (TPSA) is 136 Å². The van der Waals surface area contributed by atoms with E-state index in [9.17, 15) is 28.3 Å². The summed E-state index contributed by atoms with van der Waals surface area (Å²) in [6, 6.07) is 0.